The van der Waals surface area contributed by atoms with Gasteiger partial charge in [0.2, 0.25) is 0 Å². The smallest absolute Gasteiger partial charge is 0.257 e. The number of carbonyl (C=O) groups excluding carboxylic acids is 1. The standard InChI is InChI=1S/C18H25N3O/c1-14-10-15(2)12-20(11-14)13-18(22)21-17(8-9-19-21)16-6-4-3-5-7-16/h3-7,9,14-15,17H,8,10-13H2,1-2H3/t14-,15+,17-/m1/s1. The lowest BCUT2D eigenvalue weighted by molar-refractivity contribution is -0.134. The summed E-state index contributed by atoms with van der Waals surface area (Å²) in [5.74, 6) is 1.45. The van der Waals surface area contributed by atoms with Crippen LogP contribution in [-0.2, 0) is 4.79 Å². The molecule has 0 N–H and O–H groups in total. The number of amides is 1. The lowest BCUT2D eigenvalue weighted by Crippen LogP contribution is -2.44. The fraction of sp³-hybridized carbons (Fsp3) is 0.556. The number of benzene rings is 1. The lowest BCUT2D eigenvalue weighted by atomic mass is 9.92. The first-order chi connectivity index (χ1) is 10.6. The van der Waals surface area contributed by atoms with E-state index < -0.39 is 0 Å². The second-order valence-electron chi connectivity index (χ2n) is 6.84. The number of hydrogen-bond donors (Lipinski definition) is 0. The fourth-order valence-electron chi connectivity index (χ4n) is 3.79. The highest BCUT2D eigenvalue weighted by Gasteiger charge is 2.30. The highest BCUT2D eigenvalue weighted by atomic mass is 16.2. The van der Waals surface area contributed by atoms with E-state index >= 15 is 0 Å². The van der Waals surface area contributed by atoms with Gasteiger partial charge in [-0.05, 0) is 23.8 Å². The summed E-state index contributed by atoms with van der Waals surface area (Å²) in [4.78, 5) is 15.0. The summed E-state index contributed by atoms with van der Waals surface area (Å²) in [6.07, 6.45) is 3.93. The van der Waals surface area contributed by atoms with Gasteiger partial charge in [-0.1, -0.05) is 44.2 Å². The Morgan fingerprint density at radius 3 is 2.55 bits per heavy atom. The molecule has 118 valence electrons. The predicted molar refractivity (Wildman–Crippen MR) is 88.5 cm³/mol. The van der Waals surface area contributed by atoms with E-state index in [1.165, 1.54) is 6.42 Å². The number of nitrogens with zero attached hydrogens (tertiary/aromatic N) is 3. The largest absolute Gasteiger partial charge is 0.294 e. The third-order valence-electron chi connectivity index (χ3n) is 4.57. The van der Waals surface area contributed by atoms with Crippen molar-refractivity contribution in [1.82, 2.24) is 9.91 Å². The molecule has 1 fully saturated rings. The second-order valence-corrected chi connectivity index (χ2v) is 6.84. The average Bonchev–Trinajstić information content (AvgIpc) is 2.96. The first-order valence-electron chi connectivity index (χ1n) is 8.25. The molecule has 3 rings (SSSR count). The van der Waals surface area contributed by atoms with Crippen molar-refractivity contribution in [2.45, 2.75) is 32.7 Å². The first kappa shape index (κ1) is 15.2. The van der Waals surface area contributed by atoms with Gasteiger partial charge in [0.15, 0.2) is 0 Å². The minimum Gasteiger partial charge on any atom is -0.294 e. The summed E-state index contributed by atoms with van der Waals surface area (Å²) in [6, 6.07) is 10.2. The van der Waals surface area contributed by atoms with Crippen LogP contribution in [0.25, 0.3) is 0 Å². The first-order valence-corrected chi connectivity index (χ1v) is 8.25. The molecule has 0 aliphatic carbocycles. The Balaban J connectivity index is 1.65. The Bertz CT molecular complexity index is 533. The number of likely N-dealkylation sites (tertiary alicyclic amines) is 1. The highest BCUT2D eigenvalue weighted by molar-refractivity contribution is 5.81. The molecule has 2 heterocycles. The SMILES string of the molecule is C[C@@H]1C[C@H](C)CN(CC(=O)N2N=CC[C@@H]2c2ccccc2)C1. The second kappa shape index (κ2) is 6.61. The Morgan fingerprint density at radius 1 is 1.18 bits per heavy atom. The van der Waals surface area contributed by atoms with Gasteiger partial charge in [-0.2, -0.15) is 5.10 Å². The van der Waals surface area contributed by atoms with Crippen LogP contribution in [0.1, 0.15) is 38.3 Å². The van der Waals surface area contributed by atoms with Crippen LogP contribution in [0, 0.1) is 11.8 Å². The third kappa shape index (κ3) is 3.38. The maximum absolute atomic E-state index is 12.7. The zero-order chi connectivity index (χ0) is 15.5. The molecule has 4 nitrogen and oxygen atoms in total. The molecule has 1 aromatic rings. The Kier molecular flexibility index (Phi) is 4.57. The third-order valence-corrected chi connectivity index (χ3v) is 4.57. The predicted octanol–water partition coefficient (Wildman–Crippen LogP) is 2.92. The highest BCUT2D eigenvalue weighted by Crippen LogP contribution is 2.28. The van der Waals surface area contributed by atoms with E-state index in [4.69, 9.17) is 0 Å². The normalized spacial score (nSPS) is 29.0. The molecular weight excluding hydrogens is 274 g/mol. The minimum atomic E-state index is 0.0633. The van der Waals surface area contributed by atoms with E-state index in [1.807, 2.05) is 24.4 Å². The van der Waals surface area contributed by atoms with Crippen LogP contribution in [0.3, 0.4) is 0 Å². The van der Waals surface area contributed by atoms with Crippen molar-refractivity contribution < 1.29 is 4.79 Å². The van der Waals surface area contributed by atoms with Crippen LogP contribution in [0.15, 0.2) is 35.4 Å². The summed E-state index contributed by atoms with van der Waals surface area (Å²) >= 11 is 0. The van der Waals surface area contributed by atoms with Gasteiger partial charge in [-0.3, -0.25) is 9.69 Å². The molecule has 0 spiro atoms. The molecule has 3 atom stereocenters. The summed E-state index contributed by atoms with van der Waals surface area (Å²) in [6.45, 7) is 7.06. The molecule has 4 heteroatoms. The van der Waals surface area contributed by atoms with Gasteiger partial charge in [-0.25, -0.2) is 5.01 Å². The van der Waals surface area contributed by atoms with Gasteiger partial charge in [-0.15, -0.1) is 0 Å². The van der Waals surface area contributed by atoms with Crippen molar-refractivity contribution in [2.24, 2.45) is 16.9 Å². The monoisotopic (exact) mass is 299 g/mol. The van der Waals surface area contributed by atoms with Crippen LogP contribution < -0.4 is 0 Å². The van der Waals surface area contributed by atoms with Crippen molar-refractivity contribution >= 4 is 12.1 Å². The number of rotatable bonds is 3. The van der Waals surface area contributed by atoms with Crippen LogP contribution in [0.2, 0.25) is 0 Å². The molecule has 2 aliphatic rings. The van der Waals surface area contributed by atoms with Gasteiger partial charge in [0.1, 0.15) is 0 Å². The van der Waals surface area contributed by atoms with E-state index in [2.05, 4.69) is 36.0 Å². The zero-order valence-electron chi connectivity index (χ0n) is 13.5. The average molecular weight is 299 g/mol. The van der Waals surface area contributed by atoms with Gasteiger partial charge in [0.05, 0.1) is 12.6 Å². The molecule has 1 amide bonds. The van der Waals surface area contributed by atoms with Crippen LogP contribution >= 0.6 is 0 Å². The van der Waals surface area contributed by atoms with Gasteiger partial charge in [0, 0.05) is 25.7 Å². The van der Waals surface area contributed by atoms with E-state index in [9.17, 15) is 4.79 Å². The molecule has 0 aromatic heterocycles. The minimum absolute atomic E-state index is 0.0633. The van der Waals surface area contributed by atoms with Gasteiger partial charge < -0.3 is 0 Å². The Labute approximate surface area is 132 Å². The molecule has 0 saturated carbocycles. The van der Waals surface area contributed by atoms with E-state index in [-0.39, 0.29) is 11.9 Å². The maximum atomic E-state index is 12.7. The van der Waals surface area contributed by atoms with E-state index in [0.717, 1.165) is 25.1 Å². The topological polar surface area (TPSA) is 35.9 Å². The zero-order valence-corrected chi connectivity index (χ0v) is 13.5. The molecule has 0 bridgehead atoms. The molecule has 2 aliphatic heterocycles. The molecule has 0 unspecified atom stereocenters. The van der Waals surface area contributed by atoms with Gasteiger partial charge in [0.25, 0.3) is 5.91 Å². The summed E-state index contributed by atoms with van der Waals surface area (Å²) in [5, 5.41) is 6.01. The Hall–Kier alpha value is -1.68. The van der Waals surface area contributed by atoms with E-state index in [1.54, 1.807) is 5.01 Å². The molecule has 22 heavy (non-hydrogen) atoms. The number of hydrazone groups is 1. The molecular formula is C18H25N3O. The van der Waals surface area contributed by atoms with Crippen LogP contribution in [0.5, 0.6) is 0 Å². The quantitative estimate of drug-likeness (QED) is 0.860. The van der Waals surface area contributed by atoms with Gasteiger partial charge >= 0.3 is 0 Å². The summed E-state index contributed by atoms with van der Waals surface area (Å²) in [7, 11) is 0. The van der Waals surface area contributed by atoms with Crippen LogP contribution in [-0.4, -0.2) is 41.7 Å². The Morgan fingerprint density at radius 2 is 1.86 bits per heavy atom. The van der Waals surface area contributed by atoms with E-state index in [0.29, 0.717) is 18.4 Å². The van der Waals surface area contributed by atoms with Crippen LogP contribution in [0.4, 0.5) is 0 Å². The fourth-order valence-corrected chi connectivity index (χ4v) is 3.79. The van der Waals surface area contributed by atoms with Crippen molar-refractivity contribution in [3.05, 3.63) is 35.9 Å². The lowest BCUT2D eigenvalue weighted by Gasteiger charge is -2.35. The number of piperidine rings is 1. The molecule has 1 saturated heterocycles. The summed E-state index contributed by atoms with van der Waals surface area (Å²) in [5.41, 5.74) is 1.16. The molecule has 1 aromatic carbocycles. The van der Waals surface area contributed by atoms with Crippen molar-refractivity contribution in [2.75, 3.05) is 19.6 Å². The summed E-state index contributed by atoms with van der Waals surface area (Å²) < 4.78 is 0. The maximum Gasteiger partial charge on any atom is 0.257 e. The van der Waals surface area contributed by atoms with Crippen molar-refractivity contribution in [3.63, 3.8) is 0 Å². The number of hydrogen-bond acceptors (Lipinski definition) is 3. The van der Waals surface area contributed by atoms with Crippen molar-refractivity contribution in [1.29, 1.82) is 0 Å². The van der Waals surface area contributed by atoms with Crippen molar-refractivity contribution in [3.8, 4) is 0 Å². The number of carbonyl (C=O) groups is 1. The molecule has 0 radical (unpaired) electrons.